The molecule has 2 aromatic rings. The minimum Gasteiger partial charge on any atom is -0.398 e. The Morgan fingerprint density at radius 3 is 2.90 bits per heavy atom. The minimum atomic E-state index is 0.0190. The predicted octanol–water partition coefficient (Wildman–Crippen LogP) is 2.16. The quantitative estimate of drug-likeness (QED) is 0.886. The molecule has 0 radical (unpaired) electrons. The molecule has 1 fully saturated rings. The van der Waals surface area contributed by atoms with E-state index in [4.69, 9.17) is 5.73 Å². The van der Waals surface area contributed by atoms with Crippen LogP contribution in [0.2, 0.25) is 0 Å². The third kappa shape index (κ3) is 3.29. The molecule has 0 spiro atoms. The van der Waals surface area contributed by atoms with Gasteiger partial charge in [-0.05, 0) is 41.3 Å². The van der Waals surface area contributed by atoms with E-state index in [2.05, 4.69) is 21.7 Å². The summed E-state index contributed by atoms with van der Waals surface area (Å²) in [6.07, 6.45) is 4.28. The molecule has 0 atom stereocenters. The maximum atomic E-state index is 11.8. The van der Waals surface area contributed by atoms with Crippen molar-refractivity contribution in [3.05, 3.63) is 51.1 Å². The van der Waals surface area contributed by atoms with E-state index in [0.29, 0.717) is 18.3 Å². The second-order valence-electron chi connectivity index (χ2n) is 5.33. The average Bonchev–Trinajstić information content (AvgIpc) is 3.16. The fourth-order valence-electron chi connectivity index (χ4n) is 2.41. The lowest BCUT2D eigenvalue weighted by atomic mass is 10.3. The number of rotatable bonds is 6. The SMILES string of the molecule is Nc1ccc(=O)n(CCN(Cc2ccsc2)C2CC2)c1. The van der Waals surface area contributed by atoms with Crippen LogP contribution < -0.4 is 11.3 Å². The van der Waals surface area contributed by atoms with Crippen molar-refractivity contribution in [2.24, 2.45) is 0 Å². The maximum Gasteiger partial charge on any atom is 0.250 e. The molecule has 0 bridgehead atoms. The van der Waals surface area contributed by atoms with Crippen molar-refractivity contribution in [2.75, 3.05) is 12.3 Å². The summed E-state index contributed by atoms with van der Waals surface area (Å²) in [7, 11) is 0. The highest BCUT2D eigenvalue weighted by Gasteiger charge is 2.28. The predicted molar refractivity (Wildman–Crippen MR) is 82.9 cm³/mol. The van der Waals surface area contributed by atoms with E-state index in [1.807, 2.05) is 0 Å². The molecule has 106 valence electrons. The first-order valence-corrected chi connectivity index (χ1v) is 7.88. The molecule has 0 saturated heterocycles. The zero-order chi connectivity index (χ0) is 13.9. The zero-order valence-electron chi connectivity index (χ0n) is 11.4. The van der Waals surface area contributed by atoms with E-state index in [0.717, 1.165) is 13.1 Å². The average molecular weight is 289 g/mol. The molecule has 0 aromatic carbocycles. The third-order valence-corrected chi connectivity index (χ3v) is 4.40. The van der Waals surface area contributed by atoms with Crippen LogP contribution in [0.15, 0.2) is 40.0 Å². The van der Waals surface area contributed by atoms with Gasteiger partial charge in [0.15, 0.2) is 0 Å². The molecule has 2 aromatic heterocycles. The van der Waals surface area contributed by atoms with Crippen molar-refractivity contribution in [1.82, 2.24) is 9.47 Å². The molecule has 1 aliphatic carbocycles. The van der Waals surface area contributed by atoms with E-state index >= 15 is 0 Å². The van der Waals surface area contributed by atoms with Gasteiger partial charge in [0.05, 0.1) is 0 Å². The number of nitrogens with two attached hydrogens (primary N) is 1. The summed E-state index contributed by atoms with van der Waals surface area (Å²) in [6.45, 7) is 2.57. The summed E-state index contributed by atoms with van der Waals surface area (Å²) in [4.78, 5) is 14.2. The Morgan fingerprint density at radius 1 is 1.35 bits per heavy atom. The topological polar surface area (TPSA) is 51.3 Å². The Labute approximate surface area is 122 Å². The molecule has 2 N–H and O–H groups in total. The van der Waals surface area contributed by atoms with Crippen LogP contribution in [-0.4, -0.2) is 22.1 Å². The van der Waals surface area contributed by atoms with Gasteiger partial charge in [0.2, 0.25) is 0 Å². The highest BCUT2D eigenvalue weighted by molar-refractivity contribution is 7.07. The molecule has 4 nitrogen and oxygen atoms in total. The summed E-state index contributed by atoms with van der Waals surface area (Å²) in [5.74, 6) is 0. The van der Waals surface area contributed by atoms with Crippen molar-refractivity contribution in [2.45, 2.75) is 32.0 Å². The minimum absolute atomic E-state index is 0.0190. The second kappa shape index (κ2) is 5.81. The number of nitrogens with zero attached hydrogens (tertiary/aromatic N) is 2. The van der Waals surface area contributed by atoms with Gasteiger partial charge in [0.25, 0.3) is 5.56 Å². The summed E-state index contributed by atoms with van der Waals surface area (Å²) >= 11 is 1.73. The Balaban J connectivity index is 1.65. The van der Waals surface area contributed by atoms with E-state index in [9.17, 15) is 4.79 Å². The monoisotopic (exact) mass is 289 g/mol. The highest BCUT2D eigenvalue weighted by Crippen LogP contribution is 2.28. The van der Waals surface area contributed by atoms with E-state index in [1.165, 1.54) is 24.5 Å². The summed E-state index contributed by atoms with van der Waals surface area (Å²) in [5.41, 5.74) is 7.76. The summed E-state index contributed by atoms with van der Waals surface area (Å²) in [6, 6.07) is 6.05. The number of anilines is 1. The normalized spacial score (nSPS) is 14.8. The van der Waals surface area contributed by atoms with Crippen LogP contribution in [0.3, 0.4) is 0 Å². The van der Waals surface area contributed by atoms with Crippen LogP contribution >= 0.6 is 11.3 Å². The van der Waals surface area contributed by atoms with Gasteiger partial charge in [0, 0.05) is 43.6 Å². The summed E-state index contributed by atoms with van der Waals surface area (Å²) in [5, 5.41) is 4.31. The molecule has 0 aliphatic heterocycles. The van der Waals surface area contributed by atoms with Crippen LogP contribution in [-0.2, 0) is 13.1 Å². The standard InChI is InChI=1S/C15H19N3OS/c16-13-1-4-15(19)18(10-13)7-6-17(14-2-3-14)9-12-5-8-20-11-12/h1,4-5,8,10-11,14H,2-3,6-7,9,16H2. The van der Waals surface area contributed by atoms with Gasteiger partial charge in [-0.3, -0.25) is 9.69 Å². The van der Waals surface area contributed by atoms with Gasteiger partial charge < -0.3 is 10.3 Å². The molecule has 2 heterocycles. The van der Waals surface area contributed by atoms with E-state index < -0.39 is 0 Å². The lowest BCUT2D eigenvalue weighted by Gasteiger charge is -2.22. The molecule has 0 unspecified atom stereocenters. The van der Waals surface area contributed by atoms with Crippen molar-refractivity contribution in [1.29, 1.82) is 0 Å². The lowest BCUT2D eigenvalue weighted by molar-refractivity contribution is 0.243. The molecule has 20 heavy (non-hydrogen) atoms. The molecule has 1 aliphatic rings. The highest BCUT2D eigenvalue weighted by atomic mass is 32.1. The molecule has 0 amide bonds. The van der Waals surface area contributed by atoms with Crippen LogP contribution in [0.1, 0.15) is 18.4 Å². The van der Waals surface area contributed by atoms with Gasteiger partial charge in [-0.25, -0.2) is 0 Å². The summed E-state index contributed by atoms with van der Waals surface area (Å²) < 4.78 is 1.71. The van der Waals surface area contributed by atoms with Gasteiger partial charge in [-0.1, -0.05) is 0 Å². The fourth-order valence-corrected chi connectivity index (χ4v) is 3.07. The van der Waals surface area contributed by atoms with E-state index in [-0.39, 0.29) is 5.56 Å². The molecular formula is C15H19N3OS. The smallest absolute Gasteiger partial charge is 0.250 e. The molecule has 3 rings (SSSR count). The second-order valence-corrected chi connectivity index (χ2v) is 6.11. The first-order valence-electron chi connectivity index (χ1n) is 6.93. The van der Waals surface area contributed by atoms with Crippen molar-refractivity contribution in [3.8, 4) is 0 Å². The Bertz CT molecular complexity index is 616. The van der Waals surface area contributed by atoms with Crippen molar-refractivity contribution in [3.63, 3.8) is 0 Å². The number of hydrogen-bond acceptors (Lipinski definition) is 4. The Morgan fingerprint density at radius 2 is 2.20 bits per heavy atom. The van der Waals surface area contributed by atoms with Crippen LogP contribution in [0.4, 0.5) is 5.69 Å². The number of pyridine rings is 1. The van der Waals surface area contributed by atoms with Gasteiger partial charge in [-0.2, -0.15) is 11.3 Å². The number of thiophene rings is 1. The van der Waals surface area contributed by atoms with Gasteiger partial charge in [0.1, 0.15) is 0 Å². The van der Waals surface area contributed by atoms with Crippen LogP contribution in [0.25, 0.3) is 0 Å². The number of aromatic nitrogens is 1. The van der Waals surface area contributed by atoms with Crippen LogP contribution in [0.5, 0.6) is 0 Å². The van der Waals surface area contributed by atoms with Crippen molar-refractivity contribution >= 4 is 17.0 Å². The number of hydrogen-bond donors (Lipinski definition) is 1. The van der Waals surface area contributed by atoms with Gasteiger partial charge in [-0.15, -0.1) is 0 Å². The largest absolute Gasteiger partial charge is 0.398 e. The first-order chi connectivity index (χ1) is 9.72. The van der Waals surface area contributed by atoms with Crippen molar-refractivity contribution < 1.29 is 0 Å². The Hall–Kier alpha value is -1.59. The number of nitrogen functional groups attached to an aromatic ring is 1. The molecule has 5 heteroatoms. The molecule has 1 saturated carbocycles. The van der Waals surface area contributed by atoms with Gasteiger partial charge >= 0.3 is 0 Å². The fraction of sp³-hybridized carbons (Fsp3) is 0.400. The first kappa shape index (κ1) is 13.4. The third-order valence-electron chi connectivity index (χ3n) is 3.66. The Kier molecular flexibility index (Phi) is 3.89. The molecular weight excluding hydrogens is 270 g/mol. The maximum absolute atomic E-state index is 11.8. The van der Waals surface area contributed by atoms with E-state index in [1.54, 1.807) is 28.2 Å². The lowest BCUT2D eigenvalue weighted by Crippen LogP contribution is -2.32. The zero-order valence-corrected chi connectivity index (χ0v) is 12.2. The van der Waals surface area contributed by atoms with Crippen LogP contribution in [0, 0.1) is 0 Å².